The van der Waals surface area contributed by atoms with Gasteiger partial charge in [-0.1, -0.05) is 42.5 Å². The number of hydrogen-bond donors (Lipinski definition) is 0. The van der Waals surface area contributed by atoms with Crippen molar-refractivity contribution >= 4 is 11.9 Å². The van der Waals surface area contributed by atoms with E-state index in [9.17, 15) is 23.2 Å². The molecule has 0 unspecified atom stereocenters. The number of nitriles is 1. The molecular weight excluding hydrogens is 355 g/mol. The van der Waals surface area contributed by atoms with Crippen LogP contribution in [0.25, 0.3) is 17.4 Å². The molecule has 0 radical (unpaired) electrons. The predicted molar refractivity (Wildman–Crippen MR) is 93.5 cm³/mol. The number of Topliss-reactive ketones (excluding diaryl/α,β-unsaturated/α-hetero) is 1. The van der Waals surface area contributed by atoms with E-state index in [-0.39, 0.29) is 22.7 Å². The molecule has 6 heteroatoms. The molecule has 134 valence electrons. The van der Waals surface area contributed by atoms with Crippen molar-refractivity contribution in [2.45, 2.75) is 6.18 Å². The van der Waals surface area contributed by atoms with Gasteiger partial charge >= 0.3 is 6.18 Å². The topological polar surface area (TPSA) is 54.0 Å². The SMILES string of the molecule is N#C/C(=C\c1ccc(-c2cccc(C(F)(F)F)c2)o1)C(=O)c1ccccc1. The lowest BCUT2D eigenvalue weighted by Gasteiger charge is -2.07. The van der Waals surface area contributed by atoms with Crippen molar-refractivity contribution in [2.75, 3.05) is 0 Å². The molecule has 1 heterocycles. The summed E-state index contributed by atoms with van der Waals surface area (Å²) in [6.45, 7) is 0. The molecular formula is C21H12F3NO2. The van der Waals surface area contributed by atoms with Crippen LogP contribution in [0.3, 0.4) is 0 Å². The van der Waals surface area contributed by atoms with E-state index in [0.717, 1.165) is 12.1 Å². The van der Waals surface area contributed by atoms with E-state index in [1.807, 2.05) is 6.07 Å². The number of carbonyl (C=O) groups is 1. The van der Waals surface area contributed by atoms with Gasteiger partial charge in [0.25, 0.3) is 0 Å². The van der Waals surface area contributed by atoms with Crippen LogP contribution in [0.5, 0.6) is 0 Å². The molecule has 0 spiro atoms. The van der Waals surface area contributed by atoms with Crippen LogP contribution >= 0.6 is 0 Å². The Kier molecular flexibility index (Phi) is 4.95. The van der Waals surface area contributed by atoms with E-state index >= 15 is 0 Å². The maximum atomic E-state index is 12.8. The highest BCUT2D eigenvalue weighted by Gasteiger charge is 2.30. The number of nitrogens with zero attached hydrogens (tertiary/aromatic N) is 1. The third-order valence-electron chi connectivity index (χ3n) is 3.79. The fourth-order valence-electron chi connectivity index (χ4n) is 2.47. The number of hydrogen-bond acceptors (Lipinski definition) is 3. The van der Waals surface area contributed by atoms with Gasteiger partial charge in [0.05, 0.1) is 5.56 Å². The first kappa shape index (κ1) is 18.2. The largest absolute Gasteiger partial charge is 0.457 e. The van der Waals surface area contributed by atoms with Crippen molar-refractivity contribution < 1.29 is 22.4 Å². The van der Waals surface area contributed by atoms with E-state index in [4.69, 9.17) is 4.42 Å². The first-order valence-corrected chi connectivity index (χ1v) is 7.87. The molecule has 0 atom stereocenters. The normalized spacial score (nSPS) is 11.9. The molecule has 0 aliphatic heterocycles. The van der Waals surface area contributed by atoms with Crippen molar-refractivity contribution in [3.8, 4) is 17.4 Å². The minimum absolute atomic E-state index is 0.133. The monoisotopic (exact) mass is 367 g/mol. The van der Waals surface area contributed by atoms with Crippen LogP contribution in [-0.4, -0.2) is 5.78 Å². The summed E-state index contributed by atoms with van der Waals surface area (Å²) >= 11 is 0. The van der Waals surface area contributed by atoms with E-state index in [2.05, 4.69) is 0 Å². The average Bonchev–Trinajstić information content (AvgIpc) is 3.14. The van der Waals surface area contributed by atoms with E-state index in [1.165, 1.54) is 30.3 Å². The molecule has 27 heavy (non-hydrogen) atoms. The minimum Gasteiger partial charge on any atom is -0.457 e. The van der Waals surface area contributed by atoms with Crippen molar-refractivity contribution in [1.82, 2.24) is 0 Å². The minimum atomic E-state index is -4.46. The fraction of sp³-hybridized carbons (Fsp3) is 0.0476. The second-order valence-electron chi connectivity index (χ2n) is 5.65. The summed E-state index contributed by atoms with van der Waals surface area (Å²) in [5.41, 5.74) is -0.316. The predicted octanol–water partition coefficient (Wildman–Crippen LogP) is 5.76. The molecule has 0 bridgehead atoms. The maximum Gasteiger partial charge on any atom is 0.416 e. The molecule has 0 N–H and O–H groups in total. The molecule has 0 aliphatic rings. The lowest BCUT2D eigenvalue weighted by Crippen LogP contribution is -2.04. The summed E-state index contributed by atoms with van der Waals surface area (Å²) < 4.78 is 44.0. The quantitative estimate of drug-likeness (QED) is 0.335. The van der Waals surface area contributed by atoms with E-state index in [0.29, 0.717) is 5.56 Å². The molecule has 0 saturated carbocycles. The molecule has 0 saturated heterocycles. The molecule has 0 fully saturated rings. The van der Waals surface area contributed by atoms with Gasteiger partial charge < -0.3 is 4.42 Å². The number of furan rings is 1. The van der Waals surface area contributed by atoms with Crippen LogP contribution < -0.4 is 0 Å². The fourth-order valence-corrected chi connectivity index (χ4v) is 2.47. The van der Waals surface area contributed by atoms with Crippen LogP contribution in [0.2, 0.25) is 0 Å². The van der Waals surface area contributed by atoms with E-state index in [1.54, 1.807) is 30.3 Å². The summed E-state index contributed by atoms with van der Waals surface area (Å²) in [7, 11) is 0. The van der Waals surface area contributed by atoms with Gasteiger partial charge in [0.1, 0.15) is 23.2 Å². The number of ketones is 1. The first-order valence-electron chi connectivity index (χ1n) is 7.87. The van der Waals surface area contributed by atoms with Crippen molar-refractivity contribution in [3.63, 3.8) is 0 Å². The average molecular weight is 367 g/mol. The molecule has 1 aromatic heterocycles. The highest BCUT2D eigenvalue weighted by atomic mass is 19.4. The molecule has 2 aromatic carbocycles. The molecule has 3 rings (SSSR count). The number of rotatable bonds is 4. The zero-order valence-electron chi connectivity index (χ0n) is 13.8. The van der Waals surface area contributed by atoms with Crippen LogP contribution in [-0.2, 0) is 6.18 Å². The van der Waals surface area contributed by atoms with Crippen molar-refractivity contribution in [1.29, 1.82) is 5.26 Å². The highest BCUT2D eigenvalue weighted by Crippen LogP contribution is 2.32. The Balaban J connectivity index is 1.90. The molecule has 0 amide bonds. The van der Waals surface area contributed by atoms with Crippen LogP contribution in [0.15, 0.2) is 76.7 Å². The summed E-state index contributed by atoms with van der Waals surface area (Å²) in [6.07, 6.45) is -3.19. The van der Waals surface area contributed by atoms with Crippen LogP contribution in [0.4, 0.5) is 13.2 Å². The number of benzene rings is 2. The van der Waals surface area contributed by atoms with Crippen LogP contribution in [0, 0.1) is 11.3 Å². The number of alkyl halides is 3. The van der Waals surface area contributed by atoms with Gasteiger partial charge in [0, 0.05) is 17.2 Å². The Hall–Kier alpha value is -3.59. The Bertz CT molecular complexity index is 1040. The number of carbonyl (C=O) groups excluding carboxylic acids is 1. The lowest BCUT2D eigenvalue weighted by molar-refractivity contribution is -0.137. The van der Waals surface area contributed by atoms with Crippen LogP contribution in [0.1, 0.15) is 21.7 Å². The summed E-state index contributed by atoms with van der Waals surface area (Å²) in [5, 5.41) is 9.26. The summed E-state index contributed by atoms with van der Waals surface area (Å²) in [5.74, 6) is -0.0600. The standard InChI is InChI=1S/C21H12F3NO2/c22-21(23,24)17-8-4-7-15(11-17)19-10-9-18(27-19)12-16(13-25)20(26)14-5-2-1-3-6-14/h1-12H/b16-12+. The summed E-state index contributed by atoms with van der Waals surface area (Å²) in [6, 6.07) is 17.8. The maximum absolute atomic E-state index is 12.8. The second-order valence-corrected chi connectivity index (χ2v) is 5.65. The third-order valence-corrected chi connectivity index (χ3v) is 3.79. The van der Waals surface area contributed by atoms with Crippen molar-refractivity contribution in [2.24, 2.45) is 0 Å². The van der Waals surface area contributed by atoms with Gasteiger partial charge in [-0.15, -0.1) is 0 Å². The second kappa shape index (κ2) is 7.34. The molecule has 3 nitrogen and oxygen atoms in total. The Morgan fingerprint density at radius 3 is 2.41 bits per heavy atom. The third kappa shape index (κ3) is 4.15. The first-order chi connectivity index (χ1) is 12.9. The van der Waals surface area contributed by atoms with Gasteiger partial charge in [0.15, 0.2) is 0 Å². The Morgan fingerprint density at radius 2 is 1.74 bits per heavy atom. The van der Waals surface area contributed by atoms with E-state index < -0.39 is 17.5 Å². The Morgan fingerprint density at radius 1 is 1.00 bits per heavy atom. The van der Waals surface area contributed by atoms with Gasteiger partial charge in [-0.05, 0) is 24.3 Å². The highest BCUT2D eigenvalue weighted by molar-refractivity contribution is 6.13. The zero-order chi connectivity index (χ0) is 19.4. The van der Waals surface area contributed by atoms with Gasteiger partial charge in [-0.2, -0.15) is 18.4 Å². The number of allylic oxidation sites excluding steroid dienone is 1. The summed E-state index contributed by atoms with van der Waals surface area (Å²) in [4.78, 5) is 12.4. The van der Waals surface area contributed by atoms with Gasteiger partial charge in [-0.3, -0.25) is 4.79 Å². The van der Waals surface area contributed by atoms with Gasteiger partial charge in [-0.25, -0.2) is 0 Å². The Labute approximate surface area is 153 Å². The molecule has 0 aliphatic carbocycles. The smallest absolute Gasteiger partial charge is 0.416 e. The van der Waals surface area contributed by atoms with Gasteiger partial charge in [0.2, 0.25) is 5.78 Å². The van der Waals surface area contributed by atoms with Crippen molar-refractivity contribution in [3.05, 3.63) is 89.2 Å². The lowest BCUT2D eigenvalue weighted by atomic mass is 10.0. The molecule has 3 aromatic rings. The zero-order valence-corrected chi connectivity index (χ0v) is 13.8. The number of halogens is 3.